The molecule has 4 heteroatoms. The second-order valence-electron chi connectivity index (χ2n) is 4.84. The Balaban J connectivity index is 2.09. The van der Waals surface area contributed by atoms with Crippen LogP contribution in [0, 0.1) is 13.8 Å². The Labute approximate surface area is 128 Å². The molecule has 0 spiro atoms. The van der Waals surface area contributed by atoms with Gasteiger partial charge in [-0.2, -0.15) is 0 Å². The Bertz CT molecular complexity index is 633. The van der Waals surface area contributed by atoms with Crippen LogP contribution in [0.15, 0.2) is 36.4 Å². The Morgan fingerprint density at radius 2 is 1.70 bits per heavy atom. The van der Waals surface area contributed by atoms with Crippen molar-refractivity contribution in [2.24, 2.45) is 0 Å². The molecule has 0 aromatic heterocycles. The van der Waals surface area contributed by atoms with Crippen LogP contribution >= 0.6 is 23.2 Å². The minimum Gasteiger partial charge on any atom is -0.326 e. The van der Waals surface area contributed by atoms with Gasteiger partial charge in [0.15, 0.2) is 0 Å². The molecule has 0 saturated heterocycles. The zero-order chi connectivity index (χ0) is 14.7. The van der Waals surface area contributed by atoms with Crippen LogP contribution in [0.1, 0.15) is 16.7 Å². The second-order valence-corrected chi connectivity index (χ2v) is 5.68. The van der Waals surface area contributed by atoms with Crippen molar-refractivity contribution < 1.29 is 4.79 Å². The smallest absolute Gasteiger partial charge is 0.228 e. The first-order chi connectivity index (χ1) is 9.44. The molecule has 0 aliphatic heterocycles. The predicted octanol–water partition coefficient (Wildman–Crippen LogP) is 4.79. The SMILES string of the molecule is Cc1cc(C)cc(NC(=O)Cc2ccc(Cl)cc2Cl)c1. The van der Waals surface area contributed by atoms with Crippen LogP contribution in [0.4, 0.5) is 5.69 Å². The first-order valence-corrected chi connectivity index (χ1v) is 7.02. The van der Waals surface area contributed by atoms with Crippen LogP contribution in [0.2, 0.25) is 10.0 Å². The van der Waals surface area contributed by atoms with Gasteiger partial charge >= 0.3 is 0 Å². The molecule has 0 aliphatic carbocycles. The summed E-state index contributed by atoms with van der Waals surface area (Å²) in [6, 6.07) is 11.1. The van der Waals surface area contributed by atoms with Crippen LogP contribution in [0.25, 0.3) is 0 Å². The molecule has 0 saturated carbocycles. The molecule has 1 N–H and O–H groups in total. The number of anilines is 1. The molecule has 0 radical (unpaired) electrons. The number of hydrogen-bond acceptors (Lipinski definition) is 1. The zero-order valence-corrected chi connectivity index (χ0v) is 12.8. The molecule has 0 aliphatic rings. The van der Waals surface area contributed by atoms with Crippen molar-refractivity contribution in [3.63, 3.8) is 0 Å². The predicted molar refractivity (Wildman–Crippen MR) is 84.7 cm³/mol. The van der Waals surface area contributed by atoms with Gasteiger partial charge in [-0.15, -0.1) is 0 Å². The normalized spacial score (nSPS) is 10.4. The molecule has 2 nitrogen and oxygen atoms in total. The molecule has 2 rings (SSSR count). The van der Waals surface area contributed by atoms with Crippen molar-refractivity contribution >= 4 is 34.8 Å². The number of rotatable bonds is 3. The first kappa shape index (κ1) is 14.9. The van der Waals surface area contributed by atoms with Crippen LogP contribution in [-0.2, 0) is 11.2 Å². The Kier molecular flexibility index (Phi) is 4.69. The summed E-state index contributed by atoms with van der Waals surface area (Å²) in [7, 11) is 0. The van der Waals surface area contributed by atoms with Crippen molar-refractivity contribution in [2.75, 3.05) is 5.32 Å². The largest absolute Gasteiger partial charge is 0.326 e. The van der Waals surface area contributed by atoms with Gasteiger partial charge in [0.2, 0.25) is 5.91 Å². The highest BCUT2D eigenvalue weighted by Gasteiger charge is 2.08. The Morgan fingerprint density at radius 1 is 1.05 bits per heavy atom. The third-order valence-corrected chi connectivity index (χ3v) is 3.46. The van der Waals surface area contributed by atoms with Crippen LogP contribution in [0.5, 0.6) is 0 Å². The Hall–Kier alpha value is -1.51. The van der Waals surface area contributed by atoms with Crippen molar-refractivity contribution in [3.8, 4) is 0 Å². The lowest BCUT2D eigenvalue weighted by atomic mass is 10.1. The van der Waals surface area contributed by atoms with E-state index < -0.39 is 0 Å². The molecule has 2 aromatic carbocycles. The molecule has 104 valence electrons. The number of benzene rings is 2. The minimum atomic E-state index is -0.0979. The summed E-state index contributed by atoms with van der Waals surface area (Å²) in [4.78, 5) is 12.0. The summed E-state index contributed by atoms with van der Waals surface area (Å²) < 4.78 is 0. The summed E-state index contributed by atoms with van der Waals surface area (Å²) in [5.74, 6) is -0.0979. The maximum absolute atomic E-state index is 12.0. The third-order valence-electron chi connectivity index (χ3n) is 2.87. The lowest BCUT2D eigenvalue weighted by molar-refractivity contribution is -0.115. The van der Waals surface area contributed by atoms with E-state index in [9.17, 15) is 4.79 Å². The summed E-state index contributed by atoms with van der Waals surface area (Å²) >= 11 is 11.9. The van der Waals surface area contributed by atoms with Gasteiger partial charge in [-0.1, -0.05) is 35.3 Å². The van der Waals surface area contributed by atoms with Crippen LogP contribution in [0.3, 0.4) is 0 Å². The van der Waals surface area contributed by atoms with E-state index >= 15 is 0 Å². The van der Waals surface area contributed by atoms with E-state index in [1.807, 2.05) is 26.0 Å². The molecule has 0 heterocycles. The van der Waals surface area contributed by atoms with Crippen LogP contribution < -0.4 is 5.32 Å². The number of carbonyl (C=O) groups excluding carboxylic acids is 1. The van der Waals surface area contributed by atoms with Gasteiger partial charge in [-0.3, -0.25) is 4.79 Å². The lowest BCUT2D eigenvalue weighted by Gasteiger charge is -2.08. The monoisotopic (exact) mass is 307 g/mol. The van der Waals surface area contributed by atoms with E-state index in [0.717, 1.165) is 22.4 Å². The Morgan fingerprint density at radius 3 is 2.30 bits per heavy atom. The fourth-order valence-electron chi connectivity index (χ4n) is 2.09. The van der Waals surface area contributed by atoms with E-state index in [1.165, 1.54) is 0 Å². The van der Waals surface area contributed by atoms with Gasteiger partial charge in [0.05, 0.1) is 6.42 Å². The van der Waals surface area contributed by atoms with Gasteiger partial charge in [-0.25, -0.2) is 0 Å². The molecule has 1 amide bonds. The molecular formula is C16H15Cl2NO. The van der Waals surface area contributed by atoms with Crippen molar-refractivity contribution in [3.05, 3.63) is 63.1 Å². The van der Waals surface area contributed by atoms with Crippen molar-refractivity contribution in [1.82, 2.24) is 0 Å². The van der Waals surface area contributed by atoms with E-state index in [-0.39, 0.29) is 12.3 Å². The highest BCUT2D eigenvalue weighted by molar-refractivity contribution is 6.35. The van der Waals surface area contributed by atoms with E-state index in [2.05, 4.69) is 11.4 Å². The minimum absolute atomic E-state index is 0.0979. The van der Waals surface area contributed by atoms with Gasteiger partial charge in [0.25, 0.3) is 0 Å². The van der Waals surface area contributed by atoms with Gasteiger partial charge in [-0.05, 0) is 54.8 Å². The third kappa shape index (κ3) is 3.99. The number of hydrogen-bond donors (Lipinski definition) is 1. The lowest BCUT2D eigenvalue weighted by Crippen LogP contribution is -2.14. The molecule has 2 aromatic rings. The maximum Gasteiger partial charge on any atom is 0.228 e. The fraction of sp³-hybridized carbons (Fsp3) is 0.188. The number of aryl methyl sites for hydroxylation is 2. The number of amides is 1. The second kappa shape index (κ2) is 6.29. The molecular weight excluding hydrogens is 293 g/mol. The first-order valence-electron chi connectivity index (χ1n) is 6.26. The summed E-state index contributed by atoms with van der Waals surface area (Å²) in [5.41, 5.74) is 3.80. The molecule has 0 atom stereocenters. The summed E-state index contributed by atoms with van der Waals surface area (Å²) in [5, 5.41) is 3.95. The fourth-order valence-corrected chi connectivity index (χ4v) is 2.57. The zero-order valence-electron chi connectivity index (χ0n) is 11.3. The van der Waals surface area contributed by atoms with Crippen molar-refractivity contribution in [2.45, 2.75) is 20.3 Å². The standard InChI is InChI=1S/C16H15Cl2NO/c1-10-5-11(2)7-14(6-10)19-16(20)8-12-3-4-13(17)9-15(12)18/h3-7,9H,8H2,1-2H3,(H,19,20). The number of nitrogens with one attached hydrogen (secondary N) is 1. The molecule has 0 fully saturated rings. The molecule has 0 bridgehead atoms. The van der Waals surface area contributed by atoms with E-state index in [4.69, 9.17) is 23.2 Å². The maximum atomic E-state index is 12.0. The average molecular weight is 308 g/mol. The van der Waals surface area contributed by atoms with E-state index in [1.54, 1.807) is 18.2 Å². The van der Waals surface area contributed by atoms with Gasteiger partial charge in [0, 0.05) is 15.7 Å². The van der Waals surface area contributed by atoms with E-state index in [0.29, 0.717) is 10.0 Å². The highest BCUT2D eigenvalue weighted by atomic mass is 35.5. The quantitative estimate of drug-likeness (QED) is 0.867. The number of halogens is 2. The van der Waals surface area contributed by atoms with Gasteiger partial charge in [0.1, 0.15) is 0 Å². The van der Waals surface area contributed by atoms with Gasteiger partial charge < -0.3 is 5.32 Å². The summed E-state index contributed by atoms with van der Waals surface area (Å²) in [6.07, 6.45) is 0.225. The average Bonchev–Trinajstić information content (AvgIpc) is 2.31. The summed E-state index contributed by atoms with van der Waals surface area (Å²) in [6.45, 7) is 4.00. The highest BCUT2D eigenvalue weighted by Crippen LogP contribution is 2.22. The van der Waals surface area contributed by atoms with Crippen molar-refractivity contribution in [1.29, 1.82) is 0 Å². The molecule has 0 unspecified atom stereocenters. The molecule has 20 heavy (non-hydrogen) atoms. The topological polar surface area (TPSA) is 29.1 Å². The number of carbonyl (C=O) groups is 1. The van der Waals surface area contributed by atoms with Crippen LogP contribution in [-0.4, -0.2) is 5.91 Å².